The Morgan fingerprint density at radius 3 is 2.40 bits per heavy atom. The molecule has 0 radical (unpaired) electrons. The lowest BCUT2D eigenvalue weighted by Crippen LogP contribution is -2.30. The minimum atomic E-state index is 0.601. The highest BCUT2D eigenvalue weighted by Gasteiger charge is 2.03. The summed E-state index contributed by atoms with van der Waals surface area (Å²) in [7, 11) is 1.61. The van der Waals surface area contributed by atoms with Crippen molar-refractivity contribution in [2.45, 2.75) is 20.3 Å². The standard InChI is InChI=1S/C7H15NOS/c1-4-6-8(5-2)7(10)9-3/h4-6H2,1-3H3. The molecule has 60 valence electrons. The number of hydrogen-bond acceptors (Lipinski definition) is 2. The van der Waals surface area contributed by atoms with Crippen LogP contribution >= 0.6 is 12.2 Å². The van der Waals surface area contributed by atoms with E-state index >= 15 is 0 Å². The molecule has 3 heteroatoms. The van der Waals surface area contributed by atoms with Crippen LogP contribution in [0.5, 0.6) is 0 Å². The molecule has 0 rings (SSSR count). The Bertz CT molecular complexity index is 106. The third-order valence-corrected chi connectivity index (χ3v) is 1.73. The first-order chi connectivity index (χ1) is 4.76. The molecule has 0 atom stereocenters. The zero-order valence-electron chi connectivity index (χ0n) is 6.89. The molecule has 0 aromatic rings. The number of hydrogen-bond donors (Lipinski definition) is 0. The second-order valence-electron chi connectivity index (χ2n) is 2.05. The minimum Gasteiger partial charge on any atom is -0.474 e. The van der Waals surface area contributed by atoms with Crippen LogP contribution in [0.2, 0.25) is 0 Å². The number of thiocarbonyl (C=S) groups is 1. The molecule has 0 unspecified atom stereocenters. The molecule has 0 N–H and O–H groups in total. The van der Waals surface area contributed by atoms with Crippen molar-refractivity contribution in [1.82, 2.24) is 4.90 Å². The molecule has 2 nitrogen and oxygen atoms in total. The number of ether oxygens (including phenoxy) is 1. The number of nitrogens with zero attached hydrogens (tertiary/aromatic N) is 1. The minimum absolute atomic E-state index is 0.601. The topological polar surface area (TPSA) is 12.5 Å². The van der Waals surface area contributed by atoms with Gasteiger partial charge in [-0.1, -0.05) is 6.92 Å². The van der Waals surface area contributed by atoms with Gasteiger partial charge < -0.3 is 9.64 Å². The average molecular weight is 161 g/mol. The molecular weight excluding hydrogens is 146 g/mol. The third-order valence-electron chi connectivity index (χ3n) is 1.31. The molecule has 0 heterocycles. The summed E-state index contributed by atoms with van der Waals surface area (Å²) >= 11 is 4.94. The molecule has 0 aromatic carbocycles. The first-order valence-corrected chi connectivity index (χ1v) is 4.00. The molecule has 0 bridgehead atoms. The van der Waals surface area contributed by atoms with E-state index in [0.717, 1.165) is 19.5 Å². The van der Waals surface area contributed by atoms with Crippen molar-refractivity contribution in [3.05, 3.63) is 0 Å². The van der Waals surface area contributed by atoms with E-state index in [2.05, 4.69) is 13.8 Å². The van der Waals surface area contributed by atoms with Crippen molar-refractivity contribution in [1.29, 1.82) is 0 Å². The highest BCUT2D eigenvalue weighted by molar-refractivity contribution is 7.80. The lowest BCUT2D eigenvalue weighted by Gasteiger charge is -2.20. The Morgan fingerprint density at radius 2 is 2.10 bits per heavy atom. The molecule has 0 saturated heterocycles. The second-order valence-corrected chi connectivity index (χ2v) is 2.40. The van der Waals surface area contributed by atoms with Crippen molar-refractivity contribution < 1.29 is 4.74 Å². The van der Waals surface area contributed by atoms with E-state index in [1.165, 1.54) is 0 Å². The van der Waals surface area contributed by atoms with Crippen LogP contribution < -0.4 is 0 Å². The summed E-state index contributed by atoms with van der Waals surface area (Å²) in [6.07, 6.45) is 1.11. The van der Waals surface area contributed by atoms with E-state index in [4.69, 9.17) is 17.0 Å². The molecule has 0 saturated carbocycles. The van der Waals surface area contributed by atoms with E-state index in [1.54, 1.807) is 7.11 Å². The molecule has 0 aromatic heterocycles. The van der Waals surface area contributed by atoms with Crippen LogP contribution in [0, 0.1) is 0 Å². The number of methoxy groups -OCH3 is 1. The fraction of sp³-hybridized carbons (Fsp3) is 0.857. The van der Waals surface area contributed by atoms with Gasteiger partial charge in [-0.3, -0.25) is 0 Å². The fourth-order valence-corrected chi connectivity index (χ4v) is 0.998. The Hall–Kier alpha value is -0.310. The second kappa shape index (κ2) is 5.47. The Balaban J connectivity index is 3.68. The van der Waals surface area contributed by atoms with Gasteiger partial charge in [0, 0.05) is 13.1 Å². The normalized spacial score (nSPS) is 9.10. The molecule has 0 fully saturated rings. The van der Waals surface area contributed by atoms with Crippen LogP contribution in [0.25, 0.3) is 0 Å². The fourth-order valence-electron chi connectivity index (χ4n) is 0.778. The van der Waals surface area contributed by atoms with Gasteiger partial charge in [-0.05, 0) is 25.6 Å². The van der Waals surface area contributed by atoms with Crippen LogP contribution in [0.1, 0.15) is 20.3 Å². The van der Waals surface area contributed by atoms with Crippen molar-refractivity contribution >= 4 is 17.4 Å². The van der Waals surface area contributed by atoms with Crippen LogP contribution in [-0.4, -0.2) is 30.3 Å². The first-order valence-electron chi connectivity index (χ1n) is 3.59. The molecule has 10 heavy (non-hydrogen) atoms. The lowest BCUT2D eigenvalue weighted by molar-refractivity contribution is 0.302. The summed E-state index contributed by atoms with van der Waals surface area (Å²) in [6.45, 7) is 6.12. The van der Waals surface area contributed by atoms with Crippen molar-refractivity contribution in [2.24, 2.45) is 0 Å². The van der Waals surface area contributed by atoms with E-state index < -0.39 is 0 Å². The maximum Gasteiger partial charge on any atom is 0.258 e. The Labute approximate surface area is 68.2 Å². The first kappa shape index (κ1) is 9.69. The number of rotatable bonds is 3. The van der Waals surface area contributed by atoms with Gasteiger partial charge in [0.05, 0.1) is 7.11 Å². The van der Waals surface area contributed by atoms with Crippen molar-refractivity contribution in [2.75, 3.05) is 20.2 Å². The molecular formula is C7H15NOS. The molecule has 0 amide bonds. The van der Waals surface area contributed by atoms with Gasteiger partial charge >= 0.3 is 0 Å². The quantitative estimate of drug-likeness (QED) is 0.584. The molecule has 0 aliphatic rings. The largest absolute Gasteiger partial charge is 0.474 e. The van der Waals surface area contributed by atoms with Crippen LogP contribution in [-0.2, 0) is 4.74 Å². The zero-order chi connectivity index (χ0) is 7.98. The van der Waals surface area contributed by atoms with Gasteiger partial charge in [0.1, 0.15) is 0 Å². The third kappa shape index (κ3) is 3.01. The Kier molecular flexibility index (Phi) is 5.30. The lowest BCUT2D eigenvalue weighted by atomic mass is 10.4. The smallest absolute Gasteiger partial charge is 0.258 e. The maximum absolute atomic E-state index is 4.94. The van der Waals surface area contributed by atoms with E-state index in [-0.39, 0.29) is 0 Å². The van der Waals surface area contributed by atoms with Gasteiger partial charge in [-0.2, -0.15) is 0 Å². The maximum atomic E-state index is 4.94. The van der Waals surface area contributed by atoms with Crippen molar-refractivity contribution in [3.63, 3.8) is 0 Å². The van der Waals surface area contributed by atoms with Crippen LogP contribution in [0.15, 0.2) is 0 Å². The van der Waals surface area contributed by atoms with Crippen LogP contribution in [0.4, 0.5) is 0 Å². The predicted octanol–water partition coefficient (Wildman–Crippen LogP) is 1.65. The highest BCUT2D eigenvalue weighted by atomic mass is 32.1. The van der Waals surface area contributed by atoms with Gasteiger partial charge in [0.25, 0.3) is 5.17 Å². The SMILES string of the molecule is CCCN(CC)C(=S)OC. The van der Waals surface area contributed by atoms with Gasteiger partial charge in [0.15, 0.2) is 0 Å². The average Bonchev–Trinajstić information content (AvgIpc) is 1.99. The summed E-state index contributed by atoms with van der Waals surface area (Å²) in [6, 6.07) is 0. The molecule has 0 aliphatic carbocycles. The Morgan fingerprint density at radius 1 is 1.50 bits per heavy atom. The summed E-state index contributed by atoms with van der Waals surface area (Å²) in [4.78, 5) is 2.04. The summed E-state index contributed by atoms with van der Waals surface area (Å²) in [5.41, 5.74) is 0. The van der Waals surface area contributed by atoms with Gasteiger partial charge in [-0.15, -0.1) is 0 Å². The van der Waals surface area contributed by atoms with E-state index in [1.807, 2.05) is 4.90 Å². The zero-order valence-corrected chi connectivity index (χ0v) is 7.70. The molecule has 0 aliphatic heterocycles. The van der Waals surface area contributed by atoms with E-state index in [9.17, 15) is 0 Å². The molecule has 0 spiro atoms. The predicted molar refractivity (Wildman–Crippen MR) is 47.1 cm³/mol. The summed E-state index contributed by atoms with van der Waals surface area (Å²) in [5.74, 6) is 0. The summed E-state index contributed by atoms with van der Waals surface area (Å²) < 4.78 is 4.91. The van der Waals surface area contributed by atoms with Gasteiger partial charge in [-0.25, -0.2) is 0 Å². The van der Waals surface area contributed by atoms with Gasteiger partial charge in [0.2, 0.25) is 0 Å². The van der Waals surface area contributed by atoms with E-state index in [0.29, 0.717) is 5.17 Å². The summed E-state index contributed by atoms with van der Waals surface area (Å²) in [5, 5.41) is 0.601. The highest BCUT2D eigenvalue weighted by Crippen LogP contribution is 1.94. The van der Waals surface area contributed by atoms with Crippen LogP contribution in [0.3, 0.4) is 0 Å². The monoisotopic (exact) mass is 161 g/mol. The van der Waals surface area contributed by atoms with Crippen molar-refractivity contribution in [3.8, 4) is 0 Å².